The van der Waals surface area contributed by atoms with Crippen LogP contribution in [-0.4, -0.2) is 52.8 Å². The Kier molecular flexibility index (Phi) is 5.63. The van der Waals surface area contributed by atoms with E-state index in [1.54, 1.807) is 28.9 Å². The molecule has 0 saturated carbocycles. The van der Waals surface area contributed by atoms with Gasteiger partial charge in [-0.1, -0.05) is 36.4 Å². The molecule has 2 amide bonds. The summed E-state index contributed by atoms with van der Waals surface area (Å²) in [6.45, 7) is 5.26. The van der Waals surface area contributed by atoms with Gasteiger partial charge in [0, 0.05) is 37.3 Å². The summed E-state index contributed by atoms with van der Waals surface area (Å²) in [7, 11) is 0. The highest BCUT2D eigenvalue weighted by Crippen LogP contribution is 2.29. The van der Waals surface area contributed by atoms with Gasteiger partial charge in [0.15, 0.2) is 0 Å². The van der Waals surface area contributed by atoms with E-state index in [4.69, 9.17) is 0 Å². The predicted octanol–water partition coefficient (Wildman–Crippen LogP) is 4.16. The topological polar surface area (TPSA) is 53.5 Å². The molecule has 2 heterocycles. The Morgan fingerprint density at radius 2 is 1.57 bits per heavy atom. The minimum atomic E-state index is -0.385. The number of thiazole rings is 1. The zero-order valence-corrected chi connectivity index (χ0v) is 17.7. The van der Waals surface area contributed by atoms with E-state index >= 15 is 0 Å². The summed E-state index contributed by atoms with van der Waals surface area (Å²) in [4.78, 5) is 34.5. The second-order valence-electron chi connectivity index (χ2n) is 7.33. The molecule has 1 fully saturated rings. The number of carbonyl (C=O) groups is 2. The van der Waals surface area contributed by atoms with Gasteiger partial charge in [0.2, 0.25) is 0 Å². The zero-order valence-electron chi connectivity index (χ0n) is 16.9. The van der Waals surface area contributed by atoms with E-state index in [-0.39, 0.29) is 17.6 Å². The number of piperazine rings is 1. The second-order valence-corrected chi connectivity index (χ2v) is 8.53. The van der Waals surface area contributed by atoms with Gasteiger partial charge in [-0.15, -0.1) is 11.3 Å². The maximum Gasteiger partial charge on any atom is 0.266 e. The van der Waals surface area contributed by atoms with Crippen LogP contribution in [0.25, 0.3) is 11.3 Å². The molecule has 0 atom stereocenters. The van der Waals surface area contributed by atoms with E-state index in [9.17, 15) is 14.0 Å². The first-order valence-electron chi connectivity index (χ1n) is 9.81. The van der Waals surface area contributed by atoms with Crippen molar-refractivity contribution >= 4 is 23.2 Å². The van der Waals surface area contributed by atoms with Crippen LogP contribution in [0.1, 0.15) is 30.6 Å². The first kappa shape index (κ1) is 20.2. The van der Waals surface area contributed by atoms with Gasteiger partial charge < -0.3 is 9.80 Å². The van der Waals surface area contributed by atoms with Crippen molar-refractivity contribution in [1.82, 2.24) is 14.8 Å². The van der Waals surface area contributed by atoms with E-state index in [0.717, 1.165) is 10.6 Å². The fraction of sp³-hybridized carbons (Fsp3) is 0.261. The third-order valence-corrected chi connectivity index (χ3v) is 6.21. The molecule has 0 N–H and O–H groups in total. The van der Waals surface area contributed by atoms with Gasteiger partial charge in [-0.3, -0.25) is 9.59 Å². The van der Waals surface area contributed by atoms with Crippen LogP contribution in [0.3, 0.4) is 0 Å². The fourth-order valence-corrected chi connectivity index (χ4v) is 4.44. The molecule has 4 rings (SSSR count). The van der Waals surface area contributed by atoms with Crippen molar-refractivity contribution in [2.45, 2.75) is 13.8 Å². The van der Waals surface area contributed by atoms with Gasteiger partial charge >= 0.3 is 0 Å². The van der Waals surface area contributed by atoms with Gasteiger partial charge in [-0.2, -0.15) is 0 Å². The Bertz CT molecular complexity index is 1090. The maximum atomic E-state index is 13.8. The molecule has 1 saturated heterocycles. The number of nitrogens with zero attached hydrogens (tertiary/aromatic N) is 3. The molecule has 154 valence electrons. The summed E-state index contributed by atoms with van der Waals surface area (Å²) in [5, 5.41) is 0.840. The SMILES string of the molecule is Cc1nc(-c2ccccc2)c(C(=O)N2CCN(C(=O)c3ccc(C)c(F)c3)CC2)s1. The molecular formula is C23H22FN3O2S. The molecule has 0 unspecified atom stereocenters. The average molecular weight is 424 g/mol. The number of carbonyl (C=O) groups excluding carboxylic acids is 2. The quantitative estimate of drug-likeness (QED) is 0.636. The summed E-state index contributed by atoms with van der Waals surface area (Å²) in [5.41, 5.74) is 2.47. The average Bonchev–Trinajstić information content (AvgIpc) is 3.17. The molecule has 0 spiro atoms. The Labute approximate surface area is 178 Å². The number of hydrogen-bond acceptors (Lipinski definition) is 4. The molecule has 5 nitrogen and oxygen atoms in total. The van der Waals surface area contributed by atoms with Crippen molar-refractivity contribution in [3.8, 4) is 11.3 Å². The molecule has 30 heavy (non-hydrogen) atoms. The number of hydrogen-bond donors (Lipinski definition) is 0. The molecule has 1 aliphatic rings. The Morgan fingerprint density at radius 3 is 2.20 bits per heavy atom. The minimum Gasteiger partial charge on any atom is -0.335 e. The largest absolute Gasteiger partial charge is 0.335 e. The van der Waals surface area contributed by atoms with E-state index in [2.05, 4.69) is 4.98 Å². The number of amides is 2. The standard InChI is InChI=1S/C23H22FN3O2S/c1-15-8-9-18(14-19(15)24)22(28)26-10-12-27(13-11-26)23(29)21-20(25-16(2)30-21)17-6-4-3-5-7-17/h3-9,14H,10-13H2,1-2H3. The highest BCUT2D eigenvalue weighted by Gasteiger charge is 2.28. The second kappa shape index (κ2) is 8.36. The minimum absolute atomic E-state index is 0.0621. The summed E-state index contributed by atoms with van der Waals surface area (Å²) in [6, 6.07) is 14.2. The normalized spacial score (nSPS) is 14.1. The molecule has 2 aromatic carbocycles. The van der Waals surface area contributed by atoms with Crippen LogP contribution >= 0.6 is 11.3 Å². The van der Waals surface area contributed by atoms with Gasteiger partial charge in [-0.25, -0.2) is 9.37 Å². The van der Waals surface area contributed by atoms with Gasteiger partial charge in [-0.05, 0) is 31.5 Å². The lowest BCUT2D eigenvalue weighted by atomic mass is 10.1. The molecular weight excluding hydrogens is 401 g/mol. The van der Waals surface area contributed by atoms with E-state index < -0.39 is 0 Å². The van der Waals surface area contributed by atoms with Crippen molar-refractivity contribution in [2.24, 2.45) is 0 Å². The first-order valence-corrected chi connectivity index (χ1v) is 10.6. The fourth-order valence-electron chi connectivity index (χ4n) is 3.53. The van der Waals surface area contributed by atoms with Crippen LogP contribution in [0, 0.1) is 19.7 Å². The Balaban J connectivity index is 1.46. The Morgan fingerprint density at radius 1 is 0.933 bits per heavy atom. The van der Waals surface area contributed by atoms with Crippen molar-refractivity contribution in [1.29, 1.82) is 0 Å². The smallest absolute Gasteiger partial charge is 0.266 e. The number of halogens is 1. The summed E-state index contributed by atoms with van der Waals surface area (Å²) < 4.78 is 13.8. The van der Waals surface area contributed by atoms with Crippen molar-refractivity contribution in [3.63, 3.8) is 0 Å². The van der Waals surface area contributed by atoms with Crippen molar-refractivity contribution in [2.75, 3.05) is 26.2 Å². The lowest BCUT2D eigenvalue weighted by molar-refractivity contribution is 0.0538. The van der Waals surface area contributed by atoms with Crippen LogP contribution in [0.5, 0.6) is 0 Å². The van der Waals surface area contributed by atoms with Gasteiger partial charge in [0.05, 0.1) is 10.7 Å². The van der Waals surface area contributed by atoms with Crippen LogP contribution < -0.4 is 0 Å². The van der Waals surface area contributed by atoms with E-state index in [0.29, 0.717) is 47.9 Å². The lowest BCUT2D eigenvalue weighted by Crippen LogP contribution is -2.50. The lowest BCUT2D eigenvalue weighted by Gasteiger charge is -2.34. The number of aryl methyl sites for hydroxylation is 2. The highest BCUT2D eigenvalue weighted by atomic mass is 32.1. The van der Waals surface area contributed by atoms with Crippen molar-refractivity contribution in [3.05, 3.63) is 75.4 Å². The predicted molar refractivity (Wildman–Crippen MR) is 115 cm³/mol. The summed E-state index contributed by atoms with van der Waals surface area (Å²) >= 11 is 1.39. The molecule has 0 bridgehead atoms. The molecule has 3 aromatic rings. The third kappa shape index (κ3) is 3.98. The first-order chi connectivity index (χ1) is 14.4. The number of benzene rings is 2. The van der Waals surface area contributed by atoms with Gasteiger partial charge in [0.25, 0.3) is 11.8 Å². The van der Waals surface area contributed by atoms with E-state index in [1.807, 2.05) is 37.3 Å². The molecule has 1 aliphatic heterocycles. The Hall–Kier alpha value is -3.06. The molecule has 1 aromatic heterocycles. The van der Waals surface area contributed by atoms with E-state index in [1.165, 1.54) is 17.4 Å². The number of aromatic nitrogens is 1. The highest BCUT2D eigenvalue weighted by molar-refractivity contribution is 7.14. The summed E-state index contributed by atoms with van der Waals surface area (Å²) in [5.74, 6) is -0.656. The molecule has 0 aliphatic carbocycles. The van der Waals surface area contributed by atoms with Crippen LogP contribution in [0.4, 0.5) is 4.39 Å². The van der Waals surface area contributed by atoms with Crippen LogP contribution in [0.2, 0.25) is 0 Å². The number of rotatable bonds is 3. The third-order valence-electron chi connectivity index (χ3n) is 5.25. The van der Waals surface area contributed by atoms with Crippen LogP contribution in [-0.2, 0) is 0 Å². The van der Waals surface area contributed by atoms with Crippen molar-refractivity contribution < 1.29 is 14.0 Å². The maximum absolute atomic E-state index is 13.8. The molecule has 7 heteroatoms. The van der Waals surface area contributed by atoms with Crippen LogP contribution in [0.15, 0.2) is 48.5 Å². The van der Waals surface area contributed by atoms with Gasteiger partial charge in [0.1, 0.15) is 10.7 Å². The zero-order chi connectivity index (χ0) is 21.3. The molecule has 0 radical (unpaired) electrons. The monoisotopic (exact) mass is 423 g/mol. The summed E-state index contributed by atoms with van der Waals surface area (Å²) in [6.07, 6.45) is 0.